The molecular weight excluding hydrogens is 338 g/mol. The molecule has 2 rings (SSSR count). The molecule has 0 saturated carbocycles. The van der Waals surface area contributed by atoms with E-state index in [9.17, 15) is 4.79 Å². The molecule has 0 aliphatic carbocycles. The van der Waals surface area contributed by atoms with E-state index in [1.54, 1.807) is 42.5 Å². The second-order valence-corrected chi connectivity index (χ2v) is 5.99. The molecule has 0 N–H and O–H groups in total. The maximum Gasteiger partial charge on any atom is 0.185 e. The van der Waals surface area contributed by atoms with Gasteiger partial charge in [0.15, 0.2) is 17.3 Å². The van der Waals surface area contributed by atoms with E-state index in [2.05, 4.69) is 0 Å². The van der Waals surface area contributed by atoms with Crippen molar-refractivity contribution >= 4 is 23.5 Å². The molecule has 0 heterocycles. The van der Waals surface area contributed by atoms with Crippen molar-refractivity contribution in [2.24, 2.45) is 0 Å². The maximum absolute atomic E-state index is 12.2. The Bertz CT molecular complexity index is 833. The number of ketones is 1. The molecular formula is C20H18ClNO3. The number of rotatable bonds is 6. The fourth-order valence-corrected chi connectivity index (χ4v) is 2.43. The molecule has 0 atom stereocenters. The van der Waals surface area contributed by atoms with Gasteiger partial charge in [-0.05, 0) is 61.9 Å². The Labute approximate surface area is 152 Å². The van der Waals surface area contributed by atoms with Gasteiger partial charge >= 0.3 is 0 Å². The van der Waals surface area contributed by atoms with E-state index < -0.39 is 0 Å². The zero-order chi connectivity index (χ0) is 18.4. The lowest BCUT2D eigenvalue weighted by Gasteiger charge is -2.15. The fraction of sp³-hybridized carbons (Fsp3) is 0.200. The normalized spacial score (nSPS) is 10.7. The first-order valence-electron chi connectivity index (χ1n) is 7.71. The first-order valence-corrected chi connectivity index (χ1v) is 8.09. The Morgan fingerprint density at radius 2 is 1.92 bits per heavy atom. The van der Waals surface area contributed by atoms with E-state index in [0.717, 1.165) is 5.56 Å². The van der Waals surface area contributed by atoms with Crippen molar-refractivity contribution in [3.8, 4) is 17.6 Å². The minimum Gasteiger partial charge on any atom is -0.493 e. The van der Waals surface area contributed by atoms with Gasteiger partial charge in [0.05, 0.1) is 29.9 Å². The van der Waals surface area contributed by atoms with Gasteiger partial charge in [-0.25, -0.2) is 0 Å². The summed E-state index contributed by atoms with van der Waals surface area (Å²) in [5, 5.41) is 9.20. The number of allylic oxidation sites excluding steroid dienone is 1. The number of hydrogen-bond donors (Lipinski definition) is 0. The molecule has 0 amide bonds. The molecule has 0 aliphatic rings. The van der Waals surface area contributed by atoms with Gasteiger partial charge in [-0.2, -0.15) is 5.26 Å². The Balaban J connectivity index is 2.23. The van der Waals surface area contributed by atoms with Crippen molar-refractivity contribution in [2.75, 3.05) is 7.11 Å². The average molecular weight is 356 g/mol. The van der Waals surface area contributed by atoms with Crippen LogP contribution in [0.4, 0.5) is 0 Å². The highest BCUT2D eigenvalue weighted by atomic mass is 35.5. The molecule has 2 aromatic carbocycles. The van der Waals surface area contributed by atoms with Gasteiger partial charge in [-0.3, -0.25) is 4.79 Å². The topological polar surface area (TPSA) is 59.3 Å². The lowest BCUT2D eigenvalue weighted by molar-refractivity contribution is 0.104. The van der Waals surface area contributed by atoms with E-state index in [1.807, 2.05) is 19.9 Å². The summed E-state index contributed by atoms with van der Waals surface area (Å²) in [6.07, 6.45) is 3.08. The Morgan fingerprint density at radius 3 is 2.48 bits per heavy atom. The molecule has 0 radical (unpaired) electrons. The molecule has 0 unspecified atom stereocenters. The molecule has 0 aliphatic heterocycles. The number of nitriles is 1. The summed E-state index contributed by atoms with van der Waals surface area (Å²) in [5.41, 5.74) is 1.74. The highest BCUT2D eigenvalue weighted by Crippen LogP contribution is 2.37. The summed E-state index contributed by atoms with van der Waals surface area (Å²) in [7, 11) is 1.54. The predicted octanol–water partition coefficient (Wildman–Crippen LogP) is 4.90. The SMILES string of the molecule is COc1cc(C=CC(=O)c2ccc(C#N)cc2)cc(Cl)c1OC(C)C. The number of methoxy groups -OCH3 is 1. The molecule has 128 valence electrons. The van der Waals surface area contributed by atoms with Crippen molar-refractivity contribution < 1.29 is 14.3 Å². The van der Waals surface area contributed by atoms with Crippen LogP contribution in [-0.2, 0) is 0 Å². The van der Waals surface area contributed by atoms with E-state index in [0.29, 0.717) is 27.6 Å². The third-order valence-electron chi connectivity index (χ3n) is 3.33. The summed E-state index contributed by atoms with van der Waals surface area (Å²) >= 11 is 6.27. The van der Waals surface area contributed by atoms with Crippen molar-refractivity contribution in [2.45, 2.75) is 20.0 Å². The maximum atomic E-state index is 12.2. The Kier molecular flexibility index (Phi) is 6.21. The monoisotopic (exact) mass is 355 g/mol. The largest absolute Gasteiger partial charge is 0.493 e. The summed E-state index contributed by atoms with van der Waals surface area (Å²) in [4.78, 5) is 12.2. The van der Waals surface area contributed by atoms with Gasteiger partial charge in [0, 0.05) is 5.56 Å². The van der Waals surface area contributed by atoms with Crippen LogP contribution in [0.25, 0.3) is 6.08 Å². The molecule has 2 aromatic rings. The Morgan fingerprint density at radius 1 is 1.24 bits per heavy atom. The van der Waals surface area contributed by atoms with E-state index in [4.69, 9.17) is 26.3 Å². The van der Waals surface area contributed by atoms with Gasteiger partial charge in [0.1, 0.15) is 0 Å². The molecule has 0 bridgehead atoms. The lowest BCUT2D eigenvalue weighted by Crippen LogP contribution is -2.07. The fourth-order valence-electron chi connectivity index (χ4n) is 2.16. The number of carbonyl (C=O) groups is 1. The van der Waals surface area contributed by atoms with Crippen molar-refractivity contribution in [1.82, 2.24) is 0 Å². The number of benzene rings is 2. The van der Waals surface area contributed by atoms with Gasteiger partial charge in [0.25, 0.3) is 0 Å². The standard InChI is InChI=1S/C20H18ClNO3/c1-13(2)25-20-17(21)10-15(11-19(20)24-3)6-9-18(23)16-7-4-14(12-22)5-8-16/h4-11,13H,1-3H3. The zero-order valence-electron chi connectivity index (χ0n) is 14.2. The van der Waals surface area contributed by atoms with Crippen LogP contribution in [-0.4, -0.2) is 19.0 Å². The average Bonchev–Trinajstić information content (AvgIpc) is 2.61. The van der Waals surface area contributed by atoms with Crippen molar-refractivity contribution in [3.05, 3.63) is 64.2 Å². The van der Waals surface area contributed by atoms with Crippen LogP contribution in [0.1, 0.15) is 35.3 Å². The summed E-state index contributed by atoms with van der Waals surface area (Å²) in [5.74, 6) is 0.823. The highest BCUT2D eigenvalue weighted by Gasteiger charge is 2.13. The van der Waals surface area contributed by atoms with Crippen LogP contribution >= 0.6 is 11.6 Å². The number of halogens is 1. The molecule has 0 saturated heterocycles. The third kappa shape index (κ3) is 4.85. The van der Waals surface area contributed by atoms with Crippen LogP contribution in [0.3, 0.4) is 0 Å². The quantitative estimate of drug-likeness (QED) is 0.546. The first-order chi connectivity index (χ1) is 11.9. The molecule has 5 heteroatoms. The second kappa shape index (κ2) is 8.36. The second-order valence-electron chi connectivity index (χ2n) is 5.59. The minimum atomic E-state index is -0.165. The highest BCUT2D eigenvalue weighted by molar-refractivity contribution is 6.32. The summed E-state index contributed by atoms with van der Waals surface area (Å²) < 4.78 is 11.0. The van der Waals surface area contributed by atoms with Gasteiger partial charge in [-0.15, -0.1) is 0 Å². The zero-order valence-corrected chi connectivity index (χ0v) is 15.0. The summed E-state index contributed by atoms with van der Waals surface area (Å²) in [6, 6.07) is 12.0. The van der Waals surface area contributed by atoms with Crippen LogP contribution in [0.5, 0.6) is 11.5 Å². The van der Waals surface area contributed by atoms with E-state index in [1.165, 1.54) is 13.2 Å². The van der Waals surface area contributed by atoms with Crippen LogP contribution in [0.2, 0.25) is 5.02 Å². The van der Waals surface area contributed by atoms with Crippen molar-refractivity contribution in [3.63, 3.8) is 0 Å². The predicted molar refractivity (Wildman–Crippen MR) is 98.3 cm³/mol. The van der Waals surface area contributed by atoms with Gasteiger partial charge in [-0.1, -0.05) is 17.7 Å². The van der Waals surface area contributed by atoms with E-state index in [-0.39, 0.29) is 11.9 Å². The smallest absolute Gasteiger partial charge is 0.185 e. The molecule has 0 aromatic heterocycles. The van der Waals surface area contributed by atoms with Gasteiger partial charge in [0.2, 0.25) is 0 Å². The lowest BCUT2D eigenvalue weighted by atomic mass is 10.1. The van der Waals surface area contributed by atoms with Crippen LogP contribution < -0.4 is 9.47 Å². The number of ether oxygens (including phenoxy) is 2. The number of nitrogens with zero attached hydrogens (tertiary/aromatic N) is 1. The molecule has 0 fully saturated rings. The van der Waals surface area contributed by atoms with Crippen LogP contribution in [0, 0.1) is 11.3 Å². The number of carbonyl (C=O) groups excluding carboxylic acids is 1. The van der Waals surface area contributed by atoms with Crippen LogP contribution in [0.15, 0.2) is 42.5 Å². The minimum absolute atomic E-state index is 0.0363. The molecule has 0 spiro atoms. The third-order valence-corrected chi connectivity index (χ3v) is 3.61. The summed E-state index contributed by atoms with van der Waals surface area (Å²) in [6.45, 7) is 3.81. The Hall–Kier alpha value is -2.77. The molecule has 25 heavy (non-hydrogen) atoms. The number of hydrogen-bond acceptors (Lipinski definition) is 4. The first kappa shape index (κ1) is 18.6. The molecule has 4 nitrogen and oxygen atoms in total. The van der Waals surface area contributed by atoms with E-state index >= 15 is 0 Å². The van der Waals surface area contributed by atoms with Crippen molar-refractivity contribution in [1.29, 1.82) is 5.26 Å². The van der Waals surface area contributed by atoms with Gasteiger partial charge < -0.3 is 9.47 Å².